The highest BCUT2D eigenvalue weighted by molar-refractivity contribution is 5.24. The van der Waals surface area contributed by atoms with Gasteiger partial charge in [-0.3, -0.25) is 0 Å². The third kappa shape index (κ3) is 2.65. The Labute approximate surface area is 109 Å². The third-order valence-electron chi connectivity index (χ3n) is 4.00. The minimum atomic E-state index is -0.716. The zero-order valence-electron chi connectivity index (χ0n) is 11.4. The number of aliphatic hydroxyl groups is 1. The second-order valence-electron chi connectivity index (χ2n) is 5.32. The predicted octanol–water partition coefficient (Wildman–Crippen LogP) is 1.78. The number of nitrogens with zero attached hydrogens (tertiary/aromatic N) is 2. The quantitative estimate of drug-likeness (QED) is 0.888. The molecule has 0 radical (unpaired) electrons. The van der Waals surface area contributed by atoms with Crippen LogP contribution in [0.5, 0.6) is 5.88 Å². The third-order valence-corrected chi connectivity index (χ3v) is 4.00. The molecule has 1 fully saturated rings. The number of hydrogen-bond acceptors (Lipinski definition) is 4. The fraction of sp³-hybridized carbons (Fsp3) is 0.643. The van der Waals surface area contributed by atoms with Gasteiger partial charge in [0.05, 0.1) is 12.7 Å². The monoisotopic (exact) mass is 250 g/mol. The van der Waals surface area contributed by atoms with E-state index >= 15 is 0 Å². The second-order valence-corrected chi connectivity index (χ2v) is 5.32. The van der Waals surface area contributed by atoms with Crippen molar-refractivity contribution in [2.45, 2.75) is 37.3 Å². The summed E-state index contributed by atoms with van der Waals surface area (Å²) in [4.78, 5) is 6.42. The molecule has 0 amide bonds. The Morgan fingerprint density at radius 3 is 2.44 bits per heavy atom. The standard InChI is InChI=1S/C14H22N2O2/c1-16(2)12-6-8-14(17,9-7-12)11-4-5-13(18-3)15-10-11/h4-5,10,12,17H,6-9H2,1-3H3. The van der Waals surface area contributed by atoms with Gasteiger partial charge in [0.2, 0.25) is 5.88 Å². The predicted molar refractivity (Wildman–Crippen MR) is 70.6 cm³/mol. The van der Waals surface area contributed by atoms with Crippen LogP contribution in [0.15, 0.2) is 18.3 Å². The van der Waals surface area contributed by atoms with Crippen molar-refractivity contribution >= 4 is 0 Å². The summed E-state index contributed by atoms with van der Waals surface area (Å²) < 4.78 is 5.04. The summed E-state index contributed by atoms with van der Waals surface area (Å²) in [7, 11) is 5.80. The van der Waals surface area contributed by atoms with E-state index in [0.717, 1.165) is 31.2 Å². The highest BCUT2D eigenvalue weighted by atomic mass is 16.5. The molecule has 0 aromatic carbocycles. The van der Waals surface area contributed by atoms with Crippen LogP contribution in [-0.4, -0.2) is 42.2 Å². The average Bonchev–Trinajstić information content (AvgIpc) is 2.39. The van der Waals surface area contributed by atoms with Crippen molar-refractivity contribution in [2.24, 2.45) is 0 Å². The molecule has 0 aliphatic heterocycles. The van der Waals surface area contributed by atoms with Crippen LogP contribution in [0, 0.1) is 0 Å². The van der Waals surface area contributed by atoms with Crippen LogP contribution < -0.4 is 4.74 Å². The van der Waals surface area contributed by atoms with E-state index in [4.69, 9.17) is 4.74 Å². The normalized spacial score (nSPS) is 28.4. The van der Waals surface area contributed by atoms with E-state index in [2.05, 4.69) is 24.0 Å². The molecule has 0 unspecified atom stereocenters. The van der Waals surface area contributed by atoms with Crippen molar-refractivity contribution in [2.75, 3.05) is 21.2 Å². The summed E-state index contributed by atoms with van der Waals surface area (Å²) in [6.45, 7) is 0. The summed E-state index contributed by atoms with van der Waals surface area (Å²) in [5, 5.41) is 10.7. The van der Waals surface area contributed by atoms with Gasteiger partial charge in [0.1, 0.15) is 0 Å². The zero-order chi connectivity index (χ0) is 13.2. The summed E-state index contributed by atoms with van der Waals surface area (Å²) >= 11 is 0. The van der Waals surface area contributed by atoms with Gasteiger partial charge < -0.3 is 14.7 Å². The highest BCUT2D eigenvalue weighted by Crippen LogP contribution is 2.38. The van der Waals surface area contributed by atoms with Crippen LogP contribution in [0.1, 0.15) is 31.2 Å². The maximum atomic E-state index is 10.7. The number of hydrogen-bond donors (Lipinski definition) is 1. The van der Waals surface area contributed by atoms with Gasteiger partial charge in [0.25, 0.3) is 0 Å². The SMILES string of the molecule is COc1ccc(C2(O)CCC(N(C)C)CC2)cn1. The van der Waals surface area contributed by atoms with Gasteiger partial charge in [-0.1, -0.05) is 0 Å². The van der Waals surface area contributed by atoms with E-state index in [1.807, 2.05) is 12.1 Å². The summed E-state index contributed by atoms with van der Waals surface area (Å²) in [5.41, 5.74) is 0.187. The molecule has 4 heteroatoms. The topological polar surface area (TPSA) is 45.6 Å². The number of aromatic nitrogens is 1. The van der Waals surface area contributed by atoms with Crippen LogP contribution in [-0.2, 0) is 5.60 Å². The maximum absolute atomic E-state index is 10.7. The Hall–Kier alpha value is -1.13. The Kier molecular flexibility index (Phi) is 3.88. The first-order chi connectivity index (χ1) is 8.55. The number of pyridine rings is 1. The fourth-order valence-electron chi connectivity index (χ4n) is 2.66. The molecule has 0 saturated heterocycles. The molecular formula is C14H22N2O2. The molecule has 18 heavy (non-hydrogen) atoms. The molecule has 0 spiro atoms. The molecular weight excluding hydrogens is 228 g/mol. The summed E-state index contributed by atoms with van der Waals surface area (Å²) in [5.74, 6) is 0.587. The van der Waals surface area contributed by atoms with E-state index in [1.54, 1.807) is 13.3 Å². The lowest BCUT2D eigenvalue weighted by Crippen LogP contribution is -2.39. The van der Waals surface area contributed by atoms with Crippen LogP contribution >= 0.6 is 0 Å². The molecule has 1 aliphatic carbocycles. The number of methoxy groups -OCH3 is 1. The first-order valence-corrected chi connectivity index (χ1v) is 6.44. The summed E-state index contributed by atoms with van der Waals surface area (Å²) in [6.07, 6.45) is 5.37. The van der Waals surface area contributed by atoms with Gasteiger partial charge >= 0.3 is 0 Å². The fourth-order valence-corrected chi connectivity index (χ4v) is 2.66. The van der Waals surface area contributed by atoms with Crippen molar-refractivity contribution in [3.63, 3.8) is 0 Å². The van der Waals surface area contributed by atoms with Crippen LogP contribution in [0.3, 0.4) is 0 Å². The van der Waals surface area contributed by atoms with Crippen molar-refractivity contribution in [1.82, 2.24) is 9.88 Å². The van der Waals surface area contributed by atoms with Gasteiger partial charge in [-0.05, 0) is 45.8 Å². The largest absolute Gasteiger partial charge is 0.481 e. The van der Waals surface area contributed by atoms with Crippen molar-refractivity contribution in [3.8, 4) is 5.88 Å². The van der Waals surface area contributed by atoms with Crippen LogP contribution in [0.25, 0.3) is 0 Å². The molecule has 2 rings (SSSR count). The minimum Gasteiger partial charge on any atom is -0.481 e. The second kappa shape index (κ2) is 5.24. The smallest absolute Gasteiger partial charge is 0.212 e. The molecule has 1 aliphatic rings. The van der Waals surface area contributed by atoms with Gasteiger partial charge in [-0.2, -0.15) is 0 Å². The van der Waals surface area contributed by atoms with E-state index < -0.39 is 5.60 Å². The van der Waals surface area contributed by atoms with E-state index in [9.17, 15) is 5.11 Å². The molecule has 0 atom stereocenters. The Bertz CT molecular complexity index is 381. The summed E-state index contributed by atoms with van der Waals surface area (Å²) in [6, 6.07) is 4.31. The van der Waals surface area contributed by atoms with Crippen molar-refractivity contribution in [1.29, 1.82) is 0 Å². The zero-order valence-corrected chi connectivity index (χ0v) is 11.4. The molecule has 1 heterocycles. The van der Waals surface area contributed by atoms with E-state index in [1.165, 1.54) is 0 Å². The molecule has 1 aromatic rings. The minimum absolute atomic E-state index is 0.580. The highest BCUT2D eigenvalue weighted by Gasteiger charge is 2.35. The number of ether oxygens (including phenoxy) is 1. The molecule has 1 N–H and O–H groups in total. The van der Waals surface area contributed by atoms with Crippen LogP contribution in [0.4, 0.5) is 0 Å². The van der Waals surface area contributed by atoms with Gasteiger partial charge in [0.15, 0.2) is 0 Å². The first-order valence-electron chi connectivity index (χ1n) is 6.44. The Morgan fingerprint density at radius 2 is 2.00 bits per heavy atom. The maximum Gasteiger partial charge on any atom is 0.212 e. The van der Waals surface area contributed by atoms with Crippen molar-refractivity contribution in [3.05, 3.63) is 23.9 Å². The van der Waals surface area contributed by atoms with E-state index in [-0.39, 0.29) is 0 Å². The van der Waals surface area contributed by atoms with Crippen molar-refractivity contribution < 1.29 is 9.84 Å². The molecule has 0 bridgehead atoms. The van der Waals surface area contributed by atoms with E-state index in [0.29, 0.717) is 11.9 Å². The van der Waals surface area contributed by atoms with Gasteiger partial charge in [-0.25, -0.2) is 4.98 Å². The Balaban J connectivity index is 2.08. The van der Waals surface area contributed by atoms with Gasteiger partial charge in [0, 0.05) is 23.9 Å². The van der Waals surface area contributed by atoms with Gasteiger partial charge in [-0.15, -0.1) is 0 Å². The molecule has 100 valence electrons. The molecule has 4 nitrogen and oxygen atoms in total. The molecule has 1 aromatic heterocycles. The lowest BCUT2D eigenvalue weighted by Gasteiger charge is -2.38. The Morgan fingerprint density at radius 1 is 1.33 bits per heavy atom. The average molecular weight is 250 g/mol. The first kappa shape index (κ1) is 13.3. The lowest BCUT2D eigenvalue weighted by atomic mass is 9.78. The molecule has 1 saturated carbocycles. The van der Waals surface area contributed by atoms with Crippen LogP contribution in [0.2, 0.25) is 0 Å². The lowest BCUT2D eigenvalue weighted by molar-refractivity contribution is -0.0193. The number of rotatable bonds is 3.